The molecule has 9 nitrogen and oxygen atoms in total. The number of aliphatic hydroxyl groups excluding tert-OH is 1. The number of aromatic nitrogens is 2. The average molecular weight is 1380 g/mol. The summed E-state index contributed by atoms with van der Waals surface area (Å²) in [5.74, 6) is 1.32. The highest BCUT2D eigenvalue weighted by molar-refractivity contribution is 9.09. The minimum Gasteiger partial charge on any atom is -0.417 e. The molecule has 0 spiro atoms. The lowest BCUT2D eigenvalue weighted by atomic mass is 9.82. The number of carbonyl (C=O) groups excluding carboxylic acids is 1. The van der Waals surface area contributed by atoms with Crippen molar-refractivity contribution in [3.05, 3.63) is 48.0 Å². The molecule has 81 heavy (non-hydrogen) atoms. The zero-order valence-corrected chi connectivity index (χ0v) is 66.2. The quantitative estimate of drug-likeness (QED) is 0.0370. The third-order valence-electron chi connectivity index (χ3n) is 17.2. The van der Waals surface area contributed by atoms with E-state index in [-0.39, 0.29) is 41.0 Å². The number of nitrogens with one attached hydrogen (secondary N) is 2. The lowest BCUT2D eigenvalue weighted by Crippen LogP contribution is -2.41. The lowest BCUT2D eigenvalue weighted by Gasteiger charge is -2.37. The molecule has 3 atom stereocenters. The van der Waals surface area contributed by atoms with E-state index in [4.69, 9.17) is 39.2 Å². The van der Waals surface area contributed by atoms with Crippen LogP contribution in [0.15, 0.2) is 36.7 Å². The Hall–Kier alpha value is -0.146. The molecule has 0 saturated heterocycles. The van der Waals surface area contributed by atoms with Gasteiger partial charge in [0.2, 0.25) is 0 Å². The number of carbonyl (C=O) groups is 1. The molecular weight excluding hydrogens is 1240 g/mol. The molecule has 0 radical (unpaired) electrons. The van der Waals surface area contributed by atoms with Gasteiger partial charge in [-0.2, -0.15) is 16.3 Å². The number of aromatic amines is 2. The maximum Gasteiger partial charge on any atom is 0.192 e. The summed E-state index contributed by atoms with van der Waals surface area (Å²) >= 11 is 12.5. The molecule has 0 aliphatic carbocycles. The molecule has 0 aliphatic heterocycles. The second-order valence-corrected chi connectivity index (χ2v) is 57.3. The van der Waals surface area contributed by atoms with Crippen LogP contribution in [0, 0.1) is 29.1 Å². The Bertz CT molecular complexity index is 1790. The van der Waals surface area contributed by atoms with Crippen LogP contribution < -0.4 is 0 Å². The summed E-state index contributed by atoms with van der Waals surface area (Å²) in [4.78, 5) is 17.7. The number of nitriles is 1. The van der Waals surface area contributed by atoms with Gasteiger partial charge in [-0.3, -0.25) is 0 Å². The zero-order valence-electron chi connectivity index (χ0n) is 57.2. The van der Waals surface area contributed by atoms with Gasteiger partial charge in [0.1, 0.15) is 6.29 Å². The molecule has 0 aromatic carbocycles. The van der Waals surface area contributed by atoms with Gasteiger partial charge < -0.3 is 37.6 Å². The van der Waals surface area contributed by atoms with Crippen LogP contribution in [-0.4, -0.2) is 106 Å². The Balaban J connectivity index is -0.000000305. The molecule has 2 rings (SSSR count). The fraction of sp³-hybridized carbons (Fsp3) is 0.844. The Morgan fingerprint density at radius 1 is 0.556 bits per heavy atom. The molecule has 0 fully saturated rings. The largest absolute Gasteiger partial charge is 0.417 e. The van der Waals surface area contributed by atoms with Gasteiger partial charge in [0.25, 0.3) is 0 Å². The Kier molecular flexibility index (Phi) is 47.2. The number of rotatable bonds is 26. The van der Waals surface area contributed by atoms with Gasteiger partial charge in [-0.05, 0) is 146 Å². The van der Waals surface area contributed by atoms with Crippen molar-refractivity contribution in [2.24, 2.45) is 17.8 Å². The Labute approximate surface area is 530 Å². The van der Waals surface area contributed by atoms with E-state index in [1.807, 2.05) is 12.4 Å². The van der Waals surface area contributed by atoms with Crippen molar-refractivity contribution >= 4 is 89.9 Å². The van der Waals surface area contributed by atoms with E-state index >= 15 is 0 Å². The predicted octanol–water partition coefficient (Wildman–Crippen LogP) is 22.3. The lowest BCUT2D eigenvalue weighted by molar-refractivity contribution is -0.111. The normalized spacial score (nSPS) is 13.8. The summed E-state index contributed by atoms with van der Waals surface area (Å²) in [6.07, 6.45) is 14.6. The molecule has 2 aromatic rings. The number of halogens is 3. The van der Waals surface area contributed by atoms with Crippen LogP contribution in [0.25, 0.3) is 0 Å². The fourth-order valence-electron chi connectivity index (χ4n) is 6.42. The van der Waals surface area contributed by atoms with Gasteiger partial charge in [-0.25, -0.2) is 0 Å². The van der Waals surface area contributed by atoms with Crippen molar-refractivity contribution in [3.8, 4) is 6.07 Å². The number of nitrogens with zero attached hydrogens (tertiary/aromatic N) is 1. The third kappa shape index (κ3) is 39.4. The fourth-order valence-corrected chi connectivity index (χ4v) is 11.1. The van der Waals surface area contributed by atoms with Crippen LogP contribution in [0.3, 0.4) is 0 Å². The maximum absolute atomic E-state index is 10.8. The summed E-state index contributed by atoms with van der Waals surface area (Å²) in [5, 5.41) is 19.9. The molecule has 482 valence electrons. The maximum atomic E-state index is 10.8. The van der Waals surface area contributed by atoms with E-state index in [1.165, 1.54) is 24.2 Å². The van der Waals surface area contributed by atoms with E-state index in [0.717, 1.165) is 83.0 Å². The molecule has 3 unspecified atom stereocenters. The number of H-pyrrole nitrogens is 2. The van der Waals surface area contributed by atoms with Crippen molar-refractivity contribution in [1.29, 1.82) is 5.26 Å². The second-order valence-electron chi connectivity index (χ2n) is 29.2. The minimum atomic E-state index is -1.68. The minimum absolute atomic E-state index is 0. The molecule has 2 heterocycles. The first-order valence-electron chi connectivity index (χ1n) is 30.3. The first kappa shape index (κ1) is 89.6. The van der Waals surface area contributed by atoms with Crippen molar-refractivity contribution in [3.63, 3.8) is 0 Å². The molecule has 17 heteroatoms. The SMILES string of the molecule is C.CC(C)(C)[Si](C)(C)Cl.CC(C)(C)[Si](C)(C)OCCBr.CCCC(C#N)CCO[Si](C)(C)C(C)(C)C.CCCC(C=O)CCO[Si](C)(C)C(C)(C)C.CCCC(CCO[Si](C)(C)C(C)(C)C)C(c1ccc[nH]1)c1ccc[nH]1.OCCBr. The van der Waals surface area contributed by atoms with Gasteiger partial charge in [0.15, 0.2) is 40.7 Å². The third-order valence-corrected chi connectivity index (χ3v) is 41.3. The number of aldehydes is 1. The second kappa shape index (κ2) is 42.7. The average Bonchev–Trinajstić information content (AvgIpc) is 4.06. The molecule has 0 aliphatic rings. The van der Waals surface area contributed by atoms with Crippen LogP contribution in [0.4, 0.5) is 0 Å². The predicted molar refractivity (Wildman–Crippen MR) is 381 cm³/mol. The van der Waals surface area contributed by atoms with Crippen LogP contribution >= 0.6 is 42.9 Å². The molecular formula is C64H134Br2ClN3O6Si5. The molecule has 3 N–H and O–H groups in total. The Morgan fingerprint density at radius 2 is 0.877 bits per heavy atom. The summed E-state index contributed by atoms with van der Waals surface area (Å²) in [6.45, 7) is 66.3. The van der Waals surface area contributed by atoms with E-state index < -0.39 is 40.7 Å². The van der Waals surface area contributed by atoms with E-state index in [1.54, 1.807) is 0 Å². The topological polar surface area (TPSA) is 130 Å². The van der Waals surface area contributed by atoms with Gasteiger partial charge >= 0.3 is 0 Å². The number of hydrogen-bond donors (Lipinski definition) is 3. The van der Waals surface area contributed by atoms with Crippen LogP contribution in [-0.2, 0) is 22.5 Å². The van der Waals surface area contributed by atoms with Gasteiger partial charge in [0, 0.05) is 78.6 Å². The summed E-state index contributed by atoms with van der Waals surface area (Å²) in [5.41, 5.74) is 2.60. The number of aliphatic hydroxyl groups is 1. The highest BCUT2D eigenvalue weighted by atomic mass is 79.9. The molecule has 0 saturated carbocycles. The van der Waals surface area contributed by atoms with Crippen LogP contribution in [0.1, 0.15) is 207 Å². The first-order chi connectivity index (χ1) is 36.2. The van der Waals surface area contributed by atoms with Crippen molar-refractivity contribution < 1.29 is 27.6 Å². The van der Waals surface area contributed by atoms with E-state index in [0.29, 0.717) is 27.2 Å². The molecule has 2 aromatic heterocycles. The van der Waals surface area contributed by atoms with Crippen LogP contribution in [0.2, 0.25) is 90.7 Å². The number of alkyl halides is 2. The van der Waals surface area contributed by atoms with E-state index in [2.05, 4.69) is 262 Å². The smallest absolute Gasteiger partial charge is 0.192 e. The monoisotopic (exact) mass is 1370 g/mol. The van der Waals surface area contributed by atoms with Gasteiger partial charge in [0.05, 0.1) is 12.7 Å². The van der Waals surface area contributed by atoms with Gasteiger partial charge in [-0.15, -0.1) is 0 Å². The van der Waals surface area contributed by atoms with Crippen molar-refractivity contribution in [2.45, 2.75) is 286 Å². The molecule has 0 amide bonds. The standard InChI is InChI=1S/C21H36N2OSi.C13H27NOSi.C13H28O2Si.C8H19BrOSi.C6H15ClSi.C2H5BrO.CH4/c1-7-10-17(13-16-24-25(5,6)21(2,3)4)20(18-11-8-14-22-18)19-12-9-15-23-19;2*1-7-8-12(11-14)9-10-15-16(5,6)13(2,3)4;1-8(2,3)11(4,5)10-7-6-9;1-6(2,3)8(4,5)7;3-1-2-4;/h8-9,11-12,14-15,17,20,22-23H,7,10,13,16H2,1-6H3;12H,7-10H2,1-6H3;11-12H,7-10H2,1-6H3;6-7H2,1-5H3;1-5H3;4H,1-2H2;1H4. The first-order valence-corrected chi connectivity index (χ1v) is 48.2. The van der Waals surface area contributed by atoms with Gasteiger partial charge in [-0.1, -0.05) is 196 Å². The summed E-state index contributed by atoms with van der Waals surface area (Å²) in [6, 6.07) is 11.0. The van der Waals surface area contributed by atoms with Crippen molar-refractivity contribution in [2.75, 3.05) is 43.7 Å². The summed E-state index contributed by atoms with van der Waals surface area (Å²) in [7, 11) is -7.76. The van der Waals surface area contributed by atoms with Crippen molar-refractivity contribution in [1.82, 2.24) is 9.97 Å². The highest BCUT2D eigenvalue weighted by Gasteiger charge is 2.40. The number of hydrogen-bond acceptors (Lipinski definition) is 7. The molecule has 0 bridgehead atoms. The zero-order chi connectivity index (χ0) is 63.7. The highest BCUT2D eigenvalue weighted by Crippen LogP contribution is 2.41. The van der Waals surface area contributed by atoms with E-state index in [9.17, 15) is 4.79 Å². The summed E-state index contributed by atoms with van der Waals surface area (Å²) < 4.78 is 24.4. The van der Waals surface area contributed by atoms with Crippen LogP contribution in [0.5, 0.6) is 0 Å². The Morgan fingerprint density at radius 3 is 1.12 bits per heavy atom.